The molecular formula is C14H13BrO2. The molecule has 0 fully saturated rings. The summed E-state index contributed by atoms with van der Waals surface area (Å²) in [6, 6.07) is 5.43. The summed E-state index contributed by atoms with van der Waals surface area (Å²) >= 11 is 3.45. The fourth-order valence-corrected chi connectivity index (χ4v) is 3.93. The van der Waals surface area contributed by atoms with Crippen LogP contribution in [0.25, 0.3) is 5.57 Å². The minimum absolute atomic E-state index is 0.0445. The van der Waals surface area contributed by atoms with Crippen LogP contribution in [0.5, 0.6) is 5.75 Å². The summed E-state index contributed by atoms with van der Waals surface area (Å²) in [5.74, 6) is 0.493. The van der Waals surface area contributed by atoms with Crippen LogP contribution in [0.2, 0.25) is 0 Å². The van der Waals surface area contributed by atoms with Gasteiger partial charge in [0.2, 0.25) is 0 Å². The molecule has 0 bridgehead atoms. The fraction of sp³-hybridized carbons (Fsp3) is 0.357. The van der Waals surface area contributed by atoms with E-state index in [1.54, 1.807) is 6.07 Å². The number of halogens is 1. The van der Waals surface area contributed by atoms with Gasteiger partial charge >= 0.3 is 0 Å². The lowest BCUT2D eigenvalue weighted by atomic mass is 9.74. The number of phenolic OH excluding ortho intramolecular Hbond substituents is 1. The Balaban J connectivity index is 2.27. The third-order valence-electron chi connectivity index (χ3n) is 3.91. The lowest BCUT2D eigenvalue weighted by Crippen LogP contribution is -2.23. The molecule has 3 rings (SSSR count). The van der Waals surface area contributed by atoms with Crippen LogP contribution in [0.1, 0.15) is 30.9 Å². The molecule has 2 aliphatic rings. The first-order valence-corrected chi connectivity index (χ1v) is 6.56. The molecule has 0 unspecified atom stereocenters. The predicted octanol–water partition coefficient (Wildman–Crippen LogP) is 3.42. The molecule has 0 saturated carbocycles. The molecule has 17 heavy (non-hydrogen) atoms. The molecule has 88 valence electrons. The van der Waals surface area contributed by atoms with Crippen molar-refractivity contribution in [3.8, 4) is 5.75 Å². The van der Waals surface area contributed by atoms with Gasteiger partial charge < -0.3 is 5.11 Å². The number of Topliss-reactive ketones (excluding diaryl/α,β-unsaturated/α-hetero) is 1. The average Bonchev–Trinajstić information content (AvgIpc) is 2.56. The first-order valence-electron chi connectivity index (χ1n) is 5.77. The molecule has 2 nitrogen and oxygen atoms in total. The molecule has 0 spiro atoms. The number of phenols is 1. The summed E-state index contributed by atoms with van der Waals surface area (Å²) in [6.07, 6.45) is 2.42. The number of ketones is 1. The minimum atomic E-state index is 0.0445. The fourth-order valence-electron chi connectivity index (χ4n) is 3.04. The van der Waals surface area contributed by atoms with E-state index in [4.69, 9.17) is 0 Å². The Labute approximate surface area is 108 Å². The molecule has 0 amide bonds. The van der Waals surface area contributed by atoms with Gasteiger partial charge in [0.15, 0.2) is 5.78 Å². The second kappa shape index (κ2) is 3.45. The van der Waals surface area contributed by atoms with Crippen LogP contribution in [-0.2, 0) is 11.2 Å². The van der Waals surface area contributed by atoms with E-state index in [1.165, 1.54) is 0 Å². The summed E-state index contributed by atoms with van der Waals surface area (Å²) < 4.78 is 0.732. The van der Waals surface area contributed by atoms with Gasteiger partial charge in [-0.05, 0) is 63.0 Å². The van der Waals surface area contributed by atoms with Crippen LogP contribution in [0, 0.1) is 5.41 Å². The molecule has 1 aromatic carbocycles. The summed E-state index contributed by atoms with van der Waals surface area (Å²) in [6.45, 7) is 2.20. The maximum Gasteiger partial charge on any atom is 0.170 e. The van der Waals surface area contributed by atoms with Crippen molar-refractivity contribution < 1.29 is 9.90 Å². The topological polar surface area (TPSA) is 37.3 Å². The molecule has 0 saturated heterocycles. The normalized spacial score (nSPS) is 27.1. The summed E-state index contributed by atoms with van der Waals surface area (Å²) in [4.78, 5) is 11.8. The van der Waals surface area contributed by atoms with Gasteiger partial charge in [-0.15, -0.1) is 0 Å². The van der Waals surface area contributed by atoms with Crippen LogP contribution in [0.3, 0.4) is 0 Å². The Hall–Kier alpha value is -1.09. The summed E-state index contributed by atoms with van der Waals surface area (Å²) in [5.41, 5.74) is 3.44. The van der Waals surface area contributed by atoms with Gasteiger partial charge in [-0.3, -0.25) is 4.79 Å². The van der Waals surface area contributed by atoms with E-state index < -0.39 is 0 Å². The van der Waals surface area contributed by atoms with Crippen LogP contribution in [-0.4, -0.2) is 10.9 Å². The summed E-state index contributed by atoms with van der Waals surface area (Å²) in [7, 11) is 0. The highest BCUT2D eigenvalue weighted by Gasteiger charge is 2.43. The minimum Gasteiger partial charge on any atom is -0.508 e. The monoisotopic (exact) mass is 292 g/mol. The molecule has 2 aliphatic carbocycles. The zero-order valence-corrected chi connectivity index (χ0v) is 11.2. The molecule has 1 atom stereocenters. The second-order valence-corrected chi connectivity index (χ2v) is 5.98. The number of benzene rings is 1. The second-order valence-electron chi connectivity index (χ2n) is 5.19. The van der Waals surface area contributed by atoms with Gasteiger partial charge in [-0.25, -0.2) is 0 Å². The third kappa shape index (κ3) is 1.48. The van der Waals surface area contributed by atoms with E-state index in [2.05, 4.69) is 22.9 Å². The number of carbonyl (C=O) groups is 1. The number of fused-ring (bicyclic) bond motifs is 3. The van der Waals surface area contributed by atoms with Gasteiger partial charge in [-0.2, -0.15) is 0 Å². The number of aromatic hydroxyl groups is 1. The Morgan fingerprint density at radius 3 is 2.94 bits per heavy atom. The van der Waals surface area contributed by atoms with Crippen molar-refractivity contribution in [2.45, 2.75) is 26.2 Å². The Morgan fingerprint density at radius 1 is 1.41 bits per heavy atom. The highest BCUT2D eigenvalue weighted by atomic mass is 79.9. The SMILES string of the molecule is C[C@]12CCC(=O)C(Br)=C1c1ccc(O)cc1C2. The van der Waals surface area contributed by atoms with Crippen molar-refractivity contribution >= 4 is 27.3 Å². The molecule has 0 aromatic heterocycles. The molecule has 0 aliphatic heterocycles. The van der Waals surface area contributed by atoms with Crippen molar-refractivity contribution in [1.82, 2.24) is 0 Å². The molecule has 0 heterocycles. The number of hydrogen-bond donors (Lipinski definition) is 1. The van der Waals surface area contributed by atoms with Crippen LogP contribution < -0.4 is 0 Å². The van der Waals surface area contributed by atoms with Crippen molar-refractivity contribution in [1.29, 1.82) is 0 Å². The molecular weight excluding hydrogens is 280 g/mol. The number of allylic oxidation sites excluding steroid dienone is 2. The maximum atomic E-state index is 11.8. The number of carbonyl (C=O) groups excluding carboxylic acids is 1. The van der Waals surface area contributed by atoms with Gasteiger partial charge in [0.05, 0.1) is 4.48 Å². The first kappa shape index (κ1) is 11.0. The zero-order valence-electron chi connectivity index (χ0n) is 9.59. The third-order valence-corrected chi connectivity index (χ3v) is 4.75. The van der Waals surface area contributed by atoms with E-state index in [0.29, 0.717) is 12.2 Å². The smallest absolute Gasteiger partial charge is 0.170 e. The molecule has 1 N–H and O–H groups in total. The van der Waals surface area contributed by atoms with Crippen LogP contribution in [0.4, 0.5) is 0 Å². The predicted molar refractivity (Wildman–Crippen MR) is 70.0 cm³/mol. The number of rotatable bonds is 0. The van der Waals surface area contributed by atoms with Crippen LogP contribution in [0.15, 0.2) is 22.7 Å². The number of hydrogen-bond acceptors (Lipinski definition) is 2. The molecule has 1 aromatic rings. The van der Waals surface area contributed by atoms with Gasteiger partial charge in [0, 0.05) is 6.42 Å². The van der Waals surface area contributed by atoms with E-state index in [9.17, 15) is 9.90 Å². The van der Waals surface area contributed by atoms with Crippen molar-refractivity contribution in [3.63, 3.8) is 0 Å². The lowest BCUT2D eigenvalue weighted by Gasteiger charge is -2.30. The van der Waals surface area contributed by atoms with Gasteiger partial charge in [0.1, 0.15) is 5.75 Å². The molecule has 0 radical (unpaired) electrons. The van der Waals surface area contributed by atoms with Crippen LogP contribution >= 0.6 is 15.9 Å². The standard InChI is InChI=1S/C14H13BrO2/c1-14-5-4-11(17)13(15)12(14)10-3-2-9(16)6-8(10)7-14/h2-3,6,16H,4-5,7H2,1H3/t14-/m1/s1. The van der Waals surface area contributed by atoms with Crippen molar-refractivity contribution in [2.75, 3.05) is 0 Å². The molecule has 3 heteroatoms. The largest absolute Gasteiger partial charge is 0.508 e. The van der Waals surface area contributed by atoms with E-state index in [-0.39, 0.29) is 11.2 Å². The summed E-state index contributed by atoms with van der Waals surface area (Å²) in [5, 5.41) is 9.54. The average molecular weight is 293 g/mol. The van der Waals surface area contributed by atoms with E-state index >= 15 is 0 Å². The Bertz CT molecular complexity index is 559. The van der Waals surface area contributed by atoms with Crippen molar-refractivity contribution in [2.24, 2.45) is 5.41 Å². The first-order chi connectivity index (χ1) is 8.01. The Kier molecular flexibility index (Phi) is 2.24. The highest BCUT2D eigenvalue weighted by Crippen LogP contribution is 2.54. The van der Waals surface area contributed by atoms with Gasteiger partial charge in [-0.1, -0.05) is 13.0 Å². The Morgan fingerprint density at radius 2 is 2.18 bits per heavy atom. The highest BCUT2D eigenvalue weighted by molar-refractivity contribution is 9.12. The zero-order chi connectivity index (χ0) is 12.2. The van der Waals surface area contributed by atoms with E-state index in [0.717, 1.165) is 34.0 Å². The van der Waals surface area contributed by atoms with E-state index in [1.807, 2.05) is 12.1 Å². The van der Waals surface area contributed by atoms with Gasteiger partial charge in [0.25, 0.3) is 0 Å². The maximum absolute atomic E-state index is 11.8. The quantitative estimate of drug-likeness (QED) is 0.795. The lowest BCUT2D eigenvalue weighted by molar-refractivity contribution is -0.115. The van der Waals surface area contributed by atoms with Crippen molar-refractivity contribution in [3.05, 3.63) is 33.8 Å².